The van der Waals surface area contributed by atoms with E-state index in [1.165, 1.54) is 7.05 Å². The molecule has 0 unspecified atom stereocenters. The zero-order chi connectivity index (χ0) is 11.4. The number of likely N-dealkylation sites (N-methyl/N-ethyl adjacent to an activating group) is 1. The second-order valence-corrected chi connectivity index (χ2v) is 2.94. The molecule has 0 aromatic carbocycles. The van der Waals surface area contributed by atoms with E-state index in [1.54, 1.807) is 0 Å². The van der Waals surface area contributed by atoms with Gasteiger partial charge in [0.1, 0.15) is 0 Å². The number of aliphatic hydroxyl groups is 1. The Morgan fingerprint density at radius 2 is 1.87 bits per heavy atom. The van der Waals surface area contributed by atoms with Crippen molar-refractivity contribution < 1.29 is 24.2 Å². The third-order valence-corrected chi connectivity index (χ3v) is 1.95. The van der Waals surface area contributed by atoms with Crippen molar-refractivity contribution in [3.05, 3.63) is 0 Å². The van der Waals surface area contributed by atoms with Gasteiger partial charge in [-0.05, 0) is 0 Å². The van der Waals surface area contributed by atoms with Gasteiger partial charge in [0.15, 0.2) is 0 Å². The highest BCUT2D eigenvalue weighted by Gasteiger charge is 2.41. The van der Waals surface area contributed by atoms with Crippen molar-refractivity contribution in [3.63, 3.8) is 0 Å². The van der Waals surface area contributed by atoms with E-state index in [-0.39, 0.29) is 26.4 Å². The third-order valence-electron chi connectivity index (χ3n) is 1.95. The van der Waals surface area contributed by atoms with E-state index < -0.39 is 17.8 Å². The number of nitrogens with zero attached hydrogens (tertiary/aromatic N) is 2. The van der Waals surface area contributed by atoms with Crippen LogP contribution in [0.4, 0.5) is 4.79 Å². The minimum atomic E-state index is -0.838. The number of aliphatic hydroxyl groups excluding tert-OH is 1. The largest absolute Gasteiger partial charge is 0.394 e. The highest BCUT2D eigenvalue weighted by molar-refractivity contribution is 6.44. The molecule has 0 saturated carbocycles. The number of carbonyl (C=O) groups excluding carboxylic acids is 3. The fourth-order valence-corrected chi connectivity index (χ4v) is 1.13. The Morgan fingerprint density at radius 3 is 2.33 bits per heavy atom. The summed E-state index contributed by atoms with van der Waals surface area (Å²) in [4.78, 5) is 35.1. The van der Waals surface area contributed by atoms with Crippen LogP contribution in [0, 0.1) is 0 Å². The summed E-state index contributed by atoms with van der Waals surface area (Å²) in [7, 11) is 1.25. The molecule has 0 radical (unpaired) electrons. The molecule has 7 heteroatoms. The molecule has 1 N–H and O–H groups in total. The number of imide groups is 2. The fraction of sp³-hybridized carbons (Fsp3) is 0.625. The molecule has 0 atom stereocenters. The number of rotatable bonds is 5. The Balaban J connectivity index is 2.45. The summed E-state index contributed by atoms with van der Waals surface area (Å²) in [6.07, 6.45) is 0. The summed E-state index contributed by atoms with van der Waals surface area (Å²) in [5.74, 6) is -1.67. The molecule has 0 aliphatic carbocycles. The maximum Gasteiger partial charge on any atom is 0.334 e. The molecule has 1 fully saturated rings. The van der Waals surface area contributed by atoms with Crippen LogP contribution in [0.3, 0.4) is 0 Å². The van der Waals surface area contributed by atoms with Crippen LogP contribution < -0.4 is 0 Å². The van der Waals surface area contributed by atoms with Gasteiger partial charge in [-0.1, -0.05) is 0 Å². The summed E-state index contributed by atoms with van der Waals surface area (Å²) >= 11 is 0. The van der Waals surface area contributed by atoms with Gasteiger partial charge in [0.05, 0.1) is 26.4 Å². The van der Waals surface area contributed by atoms with Crippen LogP contribution in [0.5, 0.6) is 0 Å². The molecule has 7 nitrogen and oxygen atoms in total. The minimum absolute atomic E-state index is 0.0216. The molecule has 0 aromatic heterocycles. The van der Waals surface area contributed by atoms with E-state index in [9.17, 15) is 14.4 Å². The van der Waals surface area contributed by atoms with Crippen LogP contribution >= 0.6 is 0 Å². The molecule has 0 aromatic rings. The topological polar surface area (TPSA) is 87.2 Å². The zero-order valence-electron chi connectivity index (χ0n) is 8.30. The molecule has 1 rings (SSSR count). The average molecular weight is 216 g/mol. The Kier molecular flexibility index (Phi) is 3.75. The van der Waals surface area contributed by atoms with Crippen LogP contribution in [0.15, 0.2) is 0 Å². The van der Waals surface area contributed by atoms with Crippen molar-refractivity contribution in [2.45, 2.75) is 0 Å². The maximum absolute atomic E-state index is 11.3. The Labute approximate surface area is 86.2 Å². The molecule has 0 bridgehead atoms. The first kappa shape index (κ1) is 11.6. The summed E-state index contributed by atoms with van der Waals surface area (Å²) in [6, 6.07) is -0.641. The number of amides is 4. The van der Waals surface area contributed by atoms with E-state index in [1.807, 2.05) is 0 Å². The van der Waals surface area contributed by atoms with Crippen molar-refractivity contribution in [2.75, 3.05) is 33.4 Å². The number of hydrogen-bond donors (Lipinski definition) is 1. The molecule has 1 saturated heterocycles. The number of urea groups is 1. The van der Waals surface area contributed by atoms with Crippen molar-refractivity contribution in [3.8, 4) is 0 Å². The Morgan fingerprint density at radius 1 is 1.20 bits per heavy atom. The van der Waals surface area contributed by atoms with Gasteiger partial charge >= 0.3 is 17.8 Å². The summed E-state index contributed by atoms with van der Waals surface area (Å²) in [6.45, 7) is 0.146. The van der Waals surface area contributed by atoms with Gasteiger partial charge in [0.25, 0.3) is 0 Å². The van der Waals surface area contributed by atoms with Crippen LogP contribution in [0.25, 0.3) is 0 Å². The fourth-order valence-electron chi connectivity index (χ4n) is 1.13. The second-order valence-electron chi connectivity index (χ2n) is 2.94. The molecular formula is C8H12N2O5. The van der Waals surface area contributed by atoms with Crippen LogP contribution in [-0.2, 0) is 14.3 Å². The van der Waals surface area contributed by atoms with E-state index in [0.717, 1.165) is 9.80 Å². The number of carbonyl (C=O) groups is 3. The smallest absolute Gasteiger partial charge is 0.334 e. The lowest BCUT2D eigenvalue weighted by Gasteiger charge is -2.12. The molecule has 84 valence electrons. The molecule has 1 aliphatic rings. The first-order chi connectivity index (χ1) is 7.09. The molecule has 15 heavy (non-hydrogen) atoms. The van der Waals surface area contributed by atoms with Crippen molar-refractivity contribution in [1.29, 1.82) is 0 Å². The first-order valence-electron chi connectivity index (χ1n) is 4.41. The maximum atomic E-state index is 11.3. The lowest BCUT2D eigenvalue weighted by atomic mass is 10.5. The van der Waals surface area contributed by atoms with Crippen LogP contribution in [-0.4, -0.2) is 66.2 Å². The second kappa shape index (κ2) is 4.85. The summed E-state index contributed by atoms with van der Waals surface area (Å²) in [5, 5.41) is 8.41. The van der Waals surface area contributed by atoms with E-state index in [4.69, 9.17) is 9.84 Å². The van der Waals surface area contributed by atoms with E-state index in [0.29, 0.717) is 0 Å². The van der Waals surface area contributed by atoms with E-state index >= 15 is 0 Å². The van der Waals surface area contributed by atoms with Gasteiger partial charge in [-0.3, -0.25) is 19.4 Å². The van der Waals surface area contributed by atoms with Crippen molar-refractivity contribution in [2.24, 2.45) is 0 Å². The van der Waals surface area contributed by atoms with Gasteiger partial charge in [0, 0.05) is 7.05 Å². The Hall–Kier alpha value is -1.47. The van der Waals surface area contributed by atoms with Gasteiger partial charge < -0.3 is 9.84 Å². The third kappa shape index (κ3) is 2.31. The predicted octanol–water partition coefficient (Wildman–Crippen LogP) is -1.58. The Bertz CT molecular complexity index is 291. The van der Waals surface area contributed by atoms with Gasteiger partial charge in [-0.2, -0.15) is 0 Å². The predicted molar refractivity (Wildman–Crippen MR) is 47.8 cm³/mol. The van der Waals surface area contributed by atoms with Crippen LogP contribution in [0.1, 0.15) is 0 Å². The quantitative estimate of drug-likeness (QED) is 0.340. The average Bonchev–Trinajstić information content (AvgIpc) is 2.41. The molecule has 4 amide bonds. The summed E-state index contributed by atoms with van der Waals surface area (Å²) in [5.41, 5.74) is 0. The number of hydrogen-bond acceptors (Lipinski definition) is 5. The first-order valence-corrected chi connectivity index (χ1v) is 4.41. The van der Waals surface area contributed by atoms with Crippen molar-refractivity contribution in [1.82, 2.24) is 9.80 Å². The highest BCUT2D eigenvalue weighted by Crippen LogP contribution is 2.08. The zero-order valence-corrected chi connectivity index (χ0v) is 8.30. The van der Waals surface area contributed by atoms with Crippen molar-refractivity contribution >= 4 is 17.8 Å². The normalized spacial score (nSPS) is 16.8. The van der Waals surface area contributed by atoms with Gasteiger partial charge in [-0.15, -0.1) is 0 Å². The van der Waals surface area contributed by atoms with Crippen LogP contribution in [0.2, 0.25) is 0 Å². The SMILES string of the molecule is CN1C(=O)C(=O)N(CCOCCO)C1=O. The minimum Gasteiger partial charge on any atom is -0.394 e. The number of ether oxygens (including phenoxy) is 1. The lowest BCUT2D eigenvalue weighted by molar-refractivity contribution is -0.143. The highest BCUT2D eigenvalue weighted by atomic mass is 16.5. The lowest BCUT2D eigenvalue weighted by Crippen LogP contribution is -2.34. The standard InChI is InChI=1S/C8H12N2O5/c1-9-6(12)7(13)10(8(9)14)2-4-15-5-3-11/h11H,2-5H2,1H3. The van der Waals surface area contributed by atoms with Gasteiger partial charge in [-0.25, -0.2) is 4.79 Å². The van der Waals surface area contributed by atoms with E-state index in [2.05, 4.69) is 0 Å². The molecule has 1 heterocycles. The van der Waals surface area contributed by atoms with Gasteiger partial charge in [0.2, 0.25) is 0 Å². The summed E-state index contributed by atoms with van der Waals surface area (Å²) < 4.78 is 4.89. The molecule has 0 spiro atoms. The molecule has 1 aliphatic heterocycles. The molecular weight excluding hydrogens is 204 g/mol. The monoisotopic (exact) mass is 216 g/mol.